The molecule has 0 aromatic heterocycles. The van der Waals surface area contributed by atoms with Crippen LogP contribution in [0.4, 0.5) is 0 Å². The molecule has 0 rings (SSSR count). The molecule has 0 saturated carbocycles. The first-order valence-corrected chi connectivity index (χ1v) is 41.8. The van der Waals surface area contributed by atoms with Gasteiger partial charge in [-0.25, -0.2) is 9.13 Å². The maximum absolute atomic E-state index is 13.1. The van der Waals surface area contributed by atoms with Crippen molar-refractivity contribution in [3.8, 4) is 0 Å². The molecule has 558 valence electrons. The zero-order valence-corrected chi connectivity index (χ0v) is 63.2. The van der Waals surface area contributed by atoms with E-state index in [1.54, 1.807) is 0 Å². The molecule has 0 amide bonds. The monoisotopic (exact) mass is 1380 g/mol. The Bertz CT molecular complexity index is 1840. The van der Waals surface area contributed by atoms with Crippen molar-refractivity contribution in [2.75, 3.05) is 39.6 Å². The molecular weight excluding hydrogens is 1230 g/mol. The number of unbranched alkanes of at least 4 members (excludes halogenated alkanes) is 41. The van der Waals surface area contributed by atoms with E-state index in [1.165, 1.54) is 186 Å². The Hall–Kier alpha value is -1.94. The number of hydrogen-bond acceptors (Lipinski definition) is 15. The third-order valence-electron chi connectivity index (χ3n) is 17.4. The molecule has 94 heavy (non-hydrogen) atoms. The SMILES string of the molecule is CCCCCCCCCCCCCCC(=O)O[C@H](COC(=O)CCCCCCCCC(C)C)COP(=O)(O)OC[C@H](O)COP(=O)(O)OC[C@@H](COC(=O)CCCCCCCCCCCCCC(C)C)OC(=O)CCCCCCCCCCCCCCCCCCC(C)C. The Labute approximate surface area is 575 Å². The van der Waals surface area contributed by atoms with Gasteiger partial charge in [-0.05, 0) is 43.4 Å². The van der Waals surface area contributed by atoms with E-state index < -0.39 is 97.5 Å². The van der Waals surface area contributed by atoms with Crippen LogP contribution in [0.2, 0.25) is 0 Å². The number of carbonyl (C=O) groups is 4. The minimum atomic E-state index is -4.96. The summed E-state index contributed by atoms with van der Waals surface area (Å²) in [5, 5.41) is 10.6. The van der Waals surface area contributed by atoms with Gasteiger partial charge in [0.1, 0.15) is 19.3 Å². The molecule has 5 atom stereocenters. The lowest BCUT2D eigenvalue weighted by atomic mass is 10.0. The van der Waals surface area contributed by atoms with Crippen molar-refractivity contribution in [2.45, 2.75) is 401 Å². The fraction of sp³-hybridized carbons (Fsp3) is 0.947. The predicted molar refractivity (Wildman–Crippen MR) is 381 cm³/mol. The van der Waals surface area contributed by atoms with Crippen LogP contribution >= 0.6 is 15.6 Å². The summed E-state index contributed by atoms with van der Waals surface area (Å²) in [6.45, 7) is 11.8. The summed E-state index contributed by atoms with van der Waals surface area (Å²) >= 11 is 0. The molecule has 0 radical (unpaired) electrons. The zero-order valence-electron chi connectivity index (χ0n) is 61.4. The molecular formula is C75H146O17P2. The smallest absolute Gasteiger partial charge is 0.462 e. The third-order valence-corrected chi connectivity index (χ3v) is 19.3. The van der Waals surface area contributed by atoms with Crippen molar-refractivity contribution in [3.05, 3.63) is 0 Å². The molecule has 0 saturated heterocycles. The lowest BCUT2D eigenvalue weighted by Gasteiger charge is -2.21. The van der Waals surface area contributed by atoms with Gasteiger partial charge in [0.05, 0.1) is 26.4 Å². The first-order chi connectivity index (χ1) is 45.2. The van der Waals surface area contributed by atoms with Gasteiger partial charge in [-0.1, -0.05) is 331 Å². The van der Waals surface area contributed by atoms with E-state index in [4.69, 9.17) is 37.0 Å². The lowest BCUT2D eigenvalue weighted by molar-refractivity contribution is -0.161. The molecule has 0 spiro atoms. The van der Waals surface area contributed by atoms with Gasteiger partial charge in [0.2, 0.25) is 0 Å². The summed E-state index contributed by atoms with van der Waals surface area (Å²) in [7, 11) is -9.91. The second kappa shape index (κ2) is 65.7. The number of aliphatic hydroxyl groups excluding tert-OH is 1. The first-order valence-electron chi connectivity index (χ1n) is 38.8. The number of rotatable bonds is 73. The minimum absolute atomic E-state index is 0.106. The van der Waals surface area contributed by atoms with E-state index in [9.17, 15) is 43.2 Å². The van der Waals surface area contributed by atoms with Gasteiger partial charge >= 0.3 is 39.5 Å². The van der Waals surface area contributed by atoms with Crippen LogP contribution in [0.15, 0.2) is 0 Å². The maximum Gasteiger partial charge on any atom is 0.472 e. The summed E-state index contributed by atoms with van der Waals surface area (Å²) < 4.78 is 68.4. The van der Waals surface area contributed by atoms with Crippen molar-refractivity contribution >= 4 is 39.5 Å². The van der Waals surface area contributed by atoms with Gasteiger partial charge in [0, 0.05) is 25.7 Å². The van der Waals surface area contributed by atoms with Gasteiger partial charge in [-0.3, -0.25) is 37.3 Å². The van der Waals surface area contributed by atoms with Crippen molar-refractivity contribution in [1.29, 1.82) is 0 Å². The third kappa shape index (κ3) is 68.6. The van der Waals surface area contributed by atoms with E-state index >= 15 is 0 Å². The Morgan fingerprint density at radius 2 is 0.489 bits per heavy atom. The topological polar surface area (TPSA) is 237 Å². The second-order valence-corrected chi connectivity index (χ2v) is 31.4. The minimum Gasteiger partial charge on any atom is -0.462 e. The van der Waals surface area contributed by atoms with Crippen molar-refractivity contribution in [2.24, 2.45) is 17.8 Å². The number of aliphatic hydroxyl groups is 1. The standard InChI is InChI=1S/C75H146O17P2/c1-8-9-10-11-12-13-14-24-30-35-44-51-58-74(79)92-71(63-86-73(78)57-50-43-38-37-41-48-55-68(6)7)65-90-94(83,84)88-61-69(76)60-87-93(81,82)89-64-70(62-85-72(77)56-49-42-34-29-26-21-23-28-33-40-47-54-67(4)5)91-75(80)59-52-45-36-31-25-20-18-16-15-17-19-22-27-32-39-46-53-66(2)3/h66-71,76H,8-65H2,1-7H3,(H,81,82)(H,83,84)/t69-,70-,71-/m1/s1. The van der Waals surface area contributed by atoms with Crippen LogP contribution in [-0.2, 0) is 65.4 Å². The number of phosphoric ester groups is 2. The van der Waals surface area contributed by atoms with Gasteiger partial charge in [0.25, 0.3) is 0 Å². The van der Waals surface area contributed by atoms with Gasteiger partial charge in [-0.15, -0.1) is 0 Å². The number of esters is 4. The summed E-state index contributed by atoms with van der Waals surface area (Å²) in [6.07, 6.45) is 51.5. The van der Waals surface area contributed by atoms with E-state index in [-0.39, 0.29) is 25.7 Å². The predicted octanol–water partition coefficient (Wildman–Crippen LogP) is 21.8. The van der Waals surface area contributed by atoms with Crippen LogP contribution in [0.3, 0.4) is 0 Å². The van der Waals surface area contributed by atoms with Crippen LogP contribution < -0.4 is 0 Å². The van der Waals surface area contributed by atoms with E-state index in [0.717, 1.165) is 108 Å². The maximum atomic E-state index is 13.1. The Kier molecular flexibility index (Phi) is 64.3. The van der Waals surface area contributed by atoms with Crippen LogP contribution in [0.25, 0.3) is 0 Å². The zero-order chi connectivity index (χ0) is 69.4. The van der Waals surface area contributed by atoms with Crippen molar-refractivity contribution in [1.82, 2.24) is 0 Å². The van der Waals surface area contributed by atoms with Crippen LogP contribution in [0.5, 0.6) is 0 Å². The Morgan fingerprint density at radius 3 is 0.723 bits per heavy atom. The fourth-order valence-corrected chi connectivity index (χ4v) is 13.0. The molecule has 0 heterocycles. The Balaban J connectivity index is 5.22. The molecule has 2 unspecified atom stereocenters. The molecule has 0 bridgehead atoms. The first kappa shape index (κ1) is 92.1. The molecule has 0 aromatic carbocycles. The molecule has 19 heteroatoms. The summed E-state index contributed by atoms with van der Waals surface area (Å²) in [5.74, 6) is 0.140. The highest BCUT2D eigenvalue weighted by atomic mass is 31.2. The average molecular weight is 1380 g/mol. The van der Waals surface area contributed by atoms with Gasteiger partial charge in [-0.2, -0.15) is 0 Å². The van der Waals surface area contributed by atoms with Crippen molar-refractivity contribution in [3.63, 3.8) is 0 Å². The van der Waals surface area contributed by atoms with Crippen LogP contribution in [0.1, 0.15) is 382 Å². The highest BCUT2D eigenvalue weighted by Gasteiger charge is 2.30. The molecule has 0 aromatic rings. The Morgan fingerprint density at radius 1 is 0.287 bits per heavy atom. The summed E-state index contributed by atoms with van der Waals surface area (Å²) in [6, 6.07) is 0. The molecule has 3 N–H and O–H groups in total. The summed E-state index contributed by atoms with van der Waals surface area (Å²) in [5.41, 5.74) is 0. The highest BCUT2D eigenvalue weighted by molar-refractivity contribution is 7.47. The normalized spacial score (nSPS) is 14.1. The fourth-order valence-electron chi connectivity index (χ4n) is 11.4. The molecule has 0 aliphatic heterocycles. The number of ether oxygens (including phenoxy) is 4. The lowest BCUT2D eigenvalue weighted by Crippen LogP contribution is -2.30. The second-order valence-electron chi connectivity index (χ2n) is 28.5. The van der Waals surface area contributed by atoms with Gasteiger partial charge < -0.3 is 33.8 Å². The van der Waals surface area contributed by atoms with E-state index in [1.807, 2.05) is 0 Å². The van der Waals surface area contributed by atoms with Crippen LogP contribution in [0, 0.1) is 17.8 Å². The molecule has 0 fully saturated rings. The number of carbonyl (C=O) groups excluding carboxylic acids is 4. The largest absolute Gasteiger partial charge is 0.472 e. The quantitative estimate of drug-likeness (QED) is 0.0222. The highest BCUT2D eigenvalue weighted by Crippen LogP contribution is 2.45. The molecule has 17 nitrogen and oxygen atoms in total. The number of phosphoric acid groups is 2. The van der Waals surface area contributed by atoms with E-state index in [0.29, 0.717) is 31.6 Å². The molecule has 0 aliphatic carbocycles. The van der Waals surface area contributed by atoms with Gasteiger partial charge in [0.15, 0.2) is 12.2 Å². The average Bonchev–Trinajstić information content (AvgIpc) is 1.43. The summed E-state index contributed by atoms with van der Waals surface area (Å²) in [4.78, 5) is 72.7. The number of hydrogen-bond donors (Lipinski definition) is 3. The molecule has 0 aliphatic rings. The van der Waals surface area contributed by atoms with Crippen molar-refractivity contribution < 1.29 is 80.2 Å². The van der Waals surface area contributed by atoms with E-state index in [2.05, 4.69) is 48.5 Å². The van der Waals surface area contributed by atoms with Crippen LogP contribution in [-0.4, -0.2) is 96.7 Å².